The summed E-state index contributed by atoms with van der Waals surface area (Å²) in [6.45, 7) is 2.70. The van der Waals surface area contributed by atoms with Crippen LogP contribution in [-0.4, -0.2) is 26.3 Å². The Labute approximate surface area is 131 Å². The van der Waals surface area contributed by atoms with Crippen LogP contribution in [0.3, 0.4) is 0 Å². The minimum absolute atomic E-state index is 0.274. The third-order valence-corrected chi connectivity index (χ3v) is 3.91. The fraction of sp³-hybridized carbons (Fsp3) is 0.312. The SMILES string of the molecule is CCNc1cc(-c2nc3cc(F)c(F)cc3n2C2CC2)cnn1. The topological polar surface area (TPSA) is 55.6 Å². The molecule has 4 rings (SSSR count). The normalized spacial score (nSPS) is 14.4. The van der Waals surface area contributed by atoms with Gasteiger partial charge in [0.15, 0.2) is 11.6 Å². The largest absolute Gasteiger partial charge is 0.369 e. The van der Waals surface area contributed by atoms with E-state index in [0.717, 1.165) is 31.0 Å². The number of nitrogens with one attached hydrogen (secondary N) is 1. The number of benzene rings is 1. The van der Waals surface area contributed by atoms with Gasteiger partial charge in [-0.3, -0.25) is 0 Å². The van der Waals surface area contributed by atoms with Gasteiger partial charge in [0.2, 0.25) is 0 Å². The highest BCUT2D eigenvalue weighted by atomic mass is 19.2. The maximum atomic E-state index is 13.6. The third-order valence-electron chi connectivity index (χ3n) is 3.91. The van der Waals surface area contributed by atoms with Gasteiger partial charge in [0.1, 0.15) is 11.6 Å². The Morgan fingerprint density at radius 1 is 1.22 bits per heavy atom. The number of aromatic nitrogens is 4. The van der Waals surface area contributed by atoms with Gasteiger partial charge >= 0.3 is 0 Å². The Morgan fingerprint density at radius 2 is 2.00 bits per heavy atom. The van der Waals surface area contributed by atoms with E-state index in [4.69, 9.17) is 0 Å². The molecule has 1 aromatic carbocycles. The van der Waals surface area contributed by atoms with Crippen molar-refractivity contribution in [3.8, 4) is 11.4 Å². The summed E-state index contributed by atoms with van der Waals surface area (Å²) < 4.78 is 29.1. The Morgan fingerprint density at radius 3 is 2.74 bits per heavy atom. The van der Waals surface area contributed by atoms with Crippen LogP contribution in [0.4, 0.5) is 14.6 Å². The van der Waals surface area contributed by atoms with Crippen molar-refractivity contribution in [2.75, 3.05) is 11.9 Å². The minimum Gasteiger partial charge on any atom is -0.369 e. The summed E-state index contributed by atoms with van der Waals surface area (Å²) in [6.07, 6.45) is 3.64. The first-order chi connectivity index (χ1) is 11.2. The molecular weight excluding hydrogens is 300 g/mol. The number of rotatable bonds is 4. The summed E-state index contributed by atoms with van der Waals surface area (Å²) in [5, 5.41) is 11.1. The summed E-state index contributed by atoms with van der Waals surface area (Å²) in [5.74, 6) is -0.420. The van der Waals surface area contributed by atoms with E-state index in [1.807, 2.05) is 17.6 Å². The lowest BCUT2D eigenvalue weighted by atomic mass is 10.2. The van der Waals surface area contributed by atoms with E-state index in [0.29, 0.717) is 22.7 Å². The van der Waals surface area contributed by atoms with Crippen LogP contribution >= 0.6 is 0 Å². The third kappa shape index (κ3) is 2.42. The standard InChI is InChI=1S/C16H15F2N5/c1-2-19-15-5-9(8-20-22-15)16-21-13-6-11(17)12(18)7-14(13)23(16)10-3-4-10/h5-8,10H,2-4H2,1H3,(H,19,22). The van der Waals surface area contributed by atoms with E-state index in [9.17, 15) is 8.78 Å². The number of halogens is 2. The zero-order valence-corrected chi connectivity index (χ0v) is 12.6. The van der Waals surface area contributed by atoms with Crippen LogP contribution in [0, 0.1) is 11.6 Å². The lowest BCUT2D eigenvalue weighted by Gasteiger charge is -2.08. The van der Waals surface area contributed by atoms with E-state index in [1.54, 1.807) is 6.20 Å². The van der Waals surface area contributed by atoms with Crippen LogP contribution < -0.4 is 5.32 Å². The van der Waals surface area contributed by atoms with Gasteiger partial charge in [0.05, 0.1) is 17.2 Å². The first kappa shape index (κ1) is 14.0. The fourth-order valence-corrected chi connectivity index (χ4v) is 2.75. The van der Waals surface area contributed by atoms with E-state index in [-0.39, 0.29) is 6.04 Å². The Bertz CT molecular complexity index is 886. The van der Waals surface area contributed by atoms with Crippen LogP contribution in [0.2, 0.25) is 0 Å². The highest BCUT2D eigenvalue weighted by Gasteiger charge is 2.29. The molecule has 3 aromatic rings. The van der Waals surface area contributed by atoms with Gasteiger partial charge in [-0.15, -0.1) is 5.10 Å². The van der Waals surface area contributed by atoms with Crippen LogP contribution in [-0.2, 0) is 0 Å². The van der Waals surface area contributed by atoms with E-state index >= 15 is 0 Å². The van der Waals surface area contributed by atoms with Gasteiger partial charge in [0, 0.05) is 30.3 Å². The summed E-state index contributed by atoms with van der Waals surface area (Å²) in [7, 11) is 0. The van der Waals surface area contributed by atoms with E-state index in [1.165, 1.54) is 6.07 Å². The Balaban J connectivity index is 1.92. The van der Waals surface area contributed by atoms with Crippen molar-refractivity contribution >= 4 is 16.9 Å². The molecule has 0 unspecified atom stereocenters. The molecule has 2 heterocycles. The number of imidazole rings is 1. The van der Waals surface area contributed by atoms with E-state index in [2.05, 4.69) is 20.5 Å². The number of hydrogen-bond acceptors (Lipinski definition) is 4. The van der Waals surface area contributed by atoms with Crippen molar-refractivity contribution in [3.05, 3.63) is 36.0 Å². The lowest BCUT2D eigenvalue weighted by molar-refractivity contribution is 0.510. The minimum atomic E-state index is -0.884. The van der Waals surface area contributed by atoms with Gasteiger partial charge in [-0.25, -0.2) is 13.8 Å². The van der Waals surface area contributed by atoms with Crippen LogP contribution in [0.25, 0.3) is 22.4 Å². The number of nitrogens with zero attached hydrogens (tertiary/aromatic N) is 4. The molecule has 118 valence electrons. The predicted octanol–water partition coefficient (Wildman–Crippen LogP) is 3.54. The van der Waals surface area contributed by atoms with Gasteiger partial charge in [-0.05, 0) is 25.8 Å². The molecule has 1 saturated carbocycles. The second-order valence-corrected chi connectivity index (χ2v) is 5.65. The summed E-state index contributed by atoms with van der Waals surface area (Å²) >= 11 is 0. The second-order valence-electron chi connectivity index (χ2n) is 5.65. The van der Waals surface area contributed by atoms with Crippen molar-refractivity contribution in [1.82, 2.24) is 19.7 Å². The molecule has 0 bridgehead atoms. The maximum Gasteiger partial charge on any atom is 0.161 e. The molecule has 23 heavy (non-hydrogen) atoms. The summed E-state index contributed by atoms with van der Waals surface area (Å²) in [5.41, 5.74) is 1.84. The molecule has 1 N–H and O–H groups in total. The Kier molecular flexibility index (Phi) is 3.21. The molecule has 0 radical (unpaired) electrons. The average Bonchev–Trinajstić information content (AvgIpc) is 3.31. The zero-order valence-electron chi connectivity index (χ0n) is 12.6. The average molecular weight is 315 g/mol. The molecule has 0 atom stereocenters. The van der Waals surface area contributed by atoms with Gasteiger partial charge in [-0.2, -0.15) is 5.10 Å². The van der Waals surface area contributed by atoms with Crippen molar-refractivity contribution in [2.24, 2.45) is 0 Å². The molecule has 1 aliphatic rings. The molecular formula is C16H15F2N5. The van der Waals surface area contributed by atoms with Gasteiger partial charge in [0.25, 0.3) is 0 Å². The monoisotopic (exact) mass is 315 g/mol. The zero-order chi connectivity index (χ0) is 16.0. The molecule has 7 heteroatoms. The fourth-order valence-electron chi connectivity index (χ4n) is 2.75. The molecule has 1 aliphatic carbocycles. The molecule has 0 aliphatic heterocycles. The molecule has 5 nitrogen and oxygen atoms in total. The quantitative estimate of drug-likeness (QED) is 0.800. The van der Waals surface area contributed by atoms with Crippen molar-refractivity contribution < 1.29 is 8.78 Å². The smallest absolute Gasteiger partial charge is 0.161 e. The molecule has 2 aromatic heterocycles. The predicted molar refractivity (Wildman–Crippen MR) is 83.1 cm³/mol. The van der Waals surface area contributed by atoms with Crippen molar-refractivity contribution in [3.63, 3.8) is 0 Å². The molecule has 0 amide bonds. The summed E-state index contributed by atoms with van der Waals surface area (Å²) in [4.78, 5) is 4.51. The van der Waals surface area contributed by atoms with Gasteiger partial charge in [-0.1, -0.05) is 0 Å². The highest BCUT2D eigenvalue weighted by Crippen LogP contribution is 2.41. The van der Waals surface area contributed by atoms with E-state index < -0.39 is 11.6 Å². The van der Waals surface area contributed by atoms with Crippen molar-refractivity contribution in [1.29, 1.82) is 0 Å². The number of hydrogen-bond donors (Lipinski definition) is 1. The second kappa shape index (κ2) is 5.26. The maximum absolute atomic E-state index is 13.6. The first-order valence-electron chi connectivity index (χ1n) is 7.61. The molecule has 1 fully saturated rings. The van der Waals surface area contributed by atoms with Gasteiger partial charge < -0.3 is 9.88 Å². The Hall–Kier alpha value is -2.57. The van der Waals surface area contributed by atoms with Crippen LogP contribution in [0.1, 0.15) is 25.8 Å². The number of fused-ring (bicyclic) bond motifs is 1. The number of anilines is 1. The highest BCUT2D eigenvalue weighted by molar-refractivity contribution is 5.81. The van der Waals surface area contributed by atoms with Crippen molar-refractivity contribution in [2.45, 2.75) is 25.8 Å². The molecule has 0 saturated heterocycles. The molecule has 0 spiro atoms. The van der Waals surface area contributed by atoms with Crippen LogP contribution in [0.15, 0.2) is 24.4 Å². The van der Waals surface area contributed by atoms with Crippen LogP contribution in [0.5, 0.6) is 0 Å². The summed E-state index contributed by atoms with van der Waals surface area (Å²) in [6, 6.07) is 4.49. The lowest BCUT2D eigenvalue weighted by Crippen LogP contribution is -2.02. The first-order valence-corrected chi connectivity index (χ1v) is 7.61.